The fourth-order valence-corrected chi connectivity index (χ4v) is 10.0. The Hall–Kier alpha value is -9.04. The van der Waals surface area contributed by atoms with Crippen molar-refractivity contribution in [1.82, 2.24) is 15.0 Å². The van der Waals surface area contributed by atoms with Gasteiger partial charge in [0.25, 0.3) is 0 Å². The zero-order chi connectivity index (χ0) is 43.7. The van der Waals surface area contributed by atoms with E-state index in [1.54, 1.807) is 0 Å². The minimum atomic E-state index is 0.601. The molecular weight excluding hydrogens is 801 g/mol. The fourth-order valence-electron chi connectivity index (χ4n) is 10.0. The highest BCUT2D eigenvalue weighted by molar-refractivity contribution is 6.37. The minimum absolute atomic E-state index is 0.601. The highest BCUT2D eigenvalue weighted by Crippen LogP contribution is 2.44. The number of benzene rings is 11. The van der Waals surface area contributed by atoms with Gasteiger partial charge in [0.1, 0.15) is 0 Å². The molecule has 304 valence electrons. The number of nitriles is 1. The second-order valence-corrected chi connectivity index (χ2v) is 17.1. The predicted molar refractivity (Wildman–Crippen MR) is 273 cm³/mol. The van der Waals surface area contributed by atoms with Crippen molar-refractivity contribution < 1.29 is 0 Å². The van der Waals surface area contributed by atoms with E-state index in [0.29, 0.717) is 23.0 Å². The van der Waals surface area contributed by atoms with Gasteiger partial charge in [0.15, 0.2) is 17.5 Å². The van der Waals surface area contributed by atoms with E-state index in [0.717, 1.165) is 44.5 Å². The Bertz CT molecular complexity index is 4070. The highest BCUT2D eigenvalue weighted by Gasteiger charge is 2.18. The standard InChI is InChI=1S/C62H36N4/c63-37-38-18-20-39(21-19-38)40-22-29-46(30-23-40)61-64-60(45-8-2-1-3-9-45)65-62(66-61)47-31-24-41(25-32-47)48-13-4-14-49(34-48)51-35-50-33-28-44-11-6-16-53-52-15-5-10-42-26-27-43-12-7-17-54(58(43)56(42)52)55(36-51)59(50)57(44)53/h1-36H. The summed E-state index contributed by atoms with van der Waals surface area (Å²) in [6.45, 7) is 0. The zero-order valence-corrected chi connectivity index (χ0v) is 35.6. The second kappa shape index (κ2) is 15.1. The van der Waals surface area contributed by atoms with Gasteiger partial charge in [-0.15, -0.1) is 0 Å². The van der Waals surface area contributed by atoms with Crippen molar-refractivity contribution in [3.05, 3.63) is 224 Å². The van der Waals surface area contributed by atoms with E-state index in [-0.39, 0.29) is 0 Å². The van der Waals surface area contributed by atoms with Gasteiger partial charge in [0.2, 0.25) is 0 Å². The van der Waals surface area contributed by atoms with E-state index in [4.69, 9.17) is 15.0 Å². The van der Waals surface area contributed by atoms with Crippen LogP contribution in [0.5, 0.6) is 0 Å². The molecule has 0 N–H and O–H groups in total. The summed E-state index contributed by atoms with van der Waals surface area (Å²) in [7, 11) is 0. The van der Waals surface area contributed by atoms with Gasteiger partial charge in [-0.1, -0.05) is 188 Å². The van der Waals surface area contributed by atoms with Gasteiger partial charge in [-0.2, -0.15) is 5.26 Å². The summed E-state index contributed by atoms with van der Waals surface area (Å²) in [4.78, 5) is 15.0. The van der Waals surface area contributed by atoms with Crippen LogP contribution in [-0.4, -0.2) is 15.0 Å². The molecule has 1 heterocycles. The van der Waals surface area contributed by atoms with Crippen LogP contribution in [0.3, 0.4) is 0 Å². The van der Waals surface area contributed by atoms with Crippen molar-refractivity contribution in [3.63, 3.8) is 0 Å². The second-order valence-electron chi connectivity index (χ2n) is 17.1. The molecule has 13 aromatic rings. The Kier molecular flexibility index (Phi) is 8.56. The number of rotatable bonds is 6. The first-order valence-electron chi connectivity index (χ1n) is 22.2. The third kappa shape index (κ3) is 6.18. The van der Waals surface area contributed by atoms with Gasteiger partial charge in [0, 0.05) is 16.7 Å². The van der Waals surface area contributed by atoms with Gasteiger partial charge in [-0.25, -0.2) is 15.0 Å². The van der Waals surface area contributed by atoms with Crippen LogP contribution in [0, 0.1) is 11.3 Å². The summed E-state index contributed by atoms with van der Waals surface area (Å²) in [5.41, 5.74) is 10.0. The molecule has 1 aromatic heterocycles. The Balaban J connectivity index is 0.904. The average Bonchev–Trinajstić information content (AvgIpc) is 3.39. The van der Waals surface area contributed by atoms with Crippen LogP contribution in [-0.2, 0) is 0 Å². The fraction of sp³-hybridized carbons (Fsp3) is 0. The highest BCUT2D eigenvalue weighted by atomic mass is 15.0. The van der Waals surface area contributed by atoms with Crippen LogP contribution in [0.1, 0.15) is 5.56 Å². The van der Waals surface area contributed by atoms with Crippen molar-refractivity contribution in [2.24, 2.45) is 0 Å². The monoisotopic (exact) mass is 836 g/mol. The van der Waals surface area contributed by atoms with E-state index >= 15 is 0 Å². The molecule has 4 nitrogen and oxygen atoms in total. The summed E-state index contributed by atoms with van der Waals surface area (Å²) in [6.07, 6.45) is 0. The van der Waals surface area contributed by atoms with Crippen LogP contribution in [0.15, 0.2) is 218 Å². The van der Waals surface area contributed by atoms with Crippen molar-refractivity contribution in [3.8, 4) is 73.6 Å². The smallest absolute Gasteiger partial charge is 0.164 e. The largest absolute Gasteiger partial charge is 0.208 e. The van der Waals surface area contributed by atoms with Crippen molar-refractivity contribution in [2.45, 2.75) is 0 Å². The summed E-state index contributed by atoms with van der Waals surface area (Å²) < 4.78 is 0. The molecule has 0 amide bonds. The molecule has 0 aliphatic carbocycles. The molecular formula is C62H36N4. The van der Waals surface area contributed by atoms with Crippen LogP contribution >= 0.6 is 0 Å². The third-order valence-corrected chi connectivity index (χ3v) is 13.3. The summed E-state index contributed by atoms with van der Waals surface area (Å²) in [6, 6.07) is 79.7. The molecule has 4 heteroatoms. The Morgan fingerprint density at radius 2 is 0.636 bits per heavy atom. The van der Waals surface area contributed by atoms with Gasteiger partial charge >= 0.3 is 0 Å². The first-order valence-corrected chi connectivity index (χ1v) is 22.2. The quantitative estimate of drug-likeness (QED) is 0.157. The van der Waals surface area contributed by atoms with Crippen molar-refractivity contribution in [1.29, 1.82) is 5.26 Å². The SMILES string of the molecule is N#Cc1ccc(-c2ccc(-c3nc(-c4ccccc4)nc(-c4ccc(-c5cccc(-c6cc7ccc8cccc9c%10cccc%11ccc%12cccc(c(c6)c7c89)c%12c%11%10)c5)cc4)n3)cc2)cc1. The predicted octanol–water partition coefficient (Wildman–Crippen LogP) is 16.1. The molecule has 0 atom stereocenters. The third-order valence-electron chi connectivity index (χ3n) is 13.3. The lowest BCUT2D eigenvalue weighted by molar-refractivity contribution is 1.07. The summed E-state index contributed by atoms with van der Waals surface area (Å²) in [5.74, 6) is 1.82. The number of aromatic nitrogens is 3. The lowest BCUT2D eigenvalue weighted by Crippen LogP contribution is -2.00. The normalized spacial score (nSPS) is 11.6. The van der Waals surface area contributed by atoms with Crippen LogP contribution in [0.25, 0.3) is 132 Å². The van der Waals surface area contributed by atoms with Crippen LogP contribution < -0.4 is 0 Å². The van der Waals surface area contributed by atoms with Crippen LogP contribution in [0.4, 0.5) is 0 Å². The van der Waals surface area contributed by atoms with E-state index < -0.39 is 0 Å². The van der Waals surface area contributed by atoms with Gasteiger partial charge in [-0.05, 0) is 128 Å². The molecule has 0 bridgehead atoms. The topological polar surface area (TPSA) is 62.5 Å². The van der Waals surface area contributed by atoms with E-state index in [1.807, 2.05) is 66.7 Å². The minimum Gasteiger partial charge on any atom is -0.208 e. The van der Waals surface area contributed by atoms with E-state index in [2.05, 4.69) is 158 Å². The lowest BCUT2D eigenvalue weighted by Gasteiger charge is -2.17. The molecule has 0 unspecified atom stereocenters. The van der Waals surface area contributed by atoms with Gasteiger partial charge in [-0.3, -0.25) is 0 Å². The average molecular weight is 837 g/mol. The van der Waals surface area contributed by atoms with Crippen molar-refractivity contribution >= 4 is 64.6 Å². The zero-order valence-electron chi connectivity index (χ0n) is 35.6. The molecule has 0 spiro atoms. The molecule has 0 aliphatic rings. The molecule has 0 fully saturated rings. The number of fused-ring (bicyclic) bond motifs is 2. The first kappa shape index (κ1) is 37.5. The van der Waals surface area contributed by atoms with E-state index in [9.17, 15) is 5.26 Å². The summed E-state index contributed by atoms with van der Waals surface area (Å²) >= 11 is 0. The van der Waals surface area contributed by atoms with Crippen LogP contribution in [0.2, 0.25) is 0 Å². The maximum absolute atomic E-state index is 9.25. The molecule has 0 aliphatic heterocycles. The summed E-state index contributed by atoms with van der Waals surface area (Å²) in [5, 5.41) is 24.6. The van der Waals surface area contributed by atoms with Gasteiger partial charge in [0.05, 0.1) is 11.6 Å². The molecule has 0 radical (unpaired) electrons. The maximum Gasteiger partial charge on any atom is 0.164 e. The Morgan fingerprint density at radius 1 is 0.258 bits per heavy atom. The van der Waals surface area contributed by atoms with Gasteiger partial charge < -0.3 is 0 Å². The van der Waals surface area contributed by atoms with Crippen molar-refractivity contribution in [2.75, 3.05) is 0 Å². The number of hydrogen-bond donors (Lipinski definition) is 0. The lowest BCUT2D eigenvalue weighted by atomic mass is 9.86. The molecule has 66 heavy (non-hydrogen) atoms. The molecule has 0 saturated carbocycles. The molecule has 13 rings (SSSR count). The van der Waals surface area contributed by atoms with E-state index in [1.165, 1.54) is 70.2 Å². The number of nitrogens with zero attached hydrogens (tertiary/aromatic N) is 4. The number of hydrogen-bond acceptors (Lipinski definition) is 4. The Labute approximate surface area is 380 Å². The molecule has 0 saturated heterocycles. The molecule has 12 aromatic carbocycles. The maximum atomic E-state index is 9.25. The Morgan fingerprint density at radius 3 is 1.15 bits per heavy atom. The first-order chi connectivity index (χ1) is 32.6.